The Hall–Kier alpha value is -1.80. The van der Waals surface area contributed by atoms with Crippen molar-refractivity contribution >= 4 is 5.69 Å². The molecular formula is C25H35N2+. The number of nitrogens with zero attached hydrogens (tertiary/aromatic N) is 1. The van der Waals surface area contributed by atoms with E-state index in [0.717, 1.165) is 12.6 Å². The van der Waals surface area contributed by atoms with Crippen LogP contribution in [0.25, 0.3) is 0 Å². The Bertz CT molecular complexity index is 768. The fourth-order valence-electron chi connectivity index (χ4n) is 5.36. The fourth-order valence-corrected chi connectivity index (χ4v) is 5.36. The minimum absolute atomic E-state index is 0.637. The van der Waals surface area contributed by atoms with Gasteiger partial charge in [-0.1, -0.05) is 36.4 Å². The number of anilines is 1. The van der Waals surface area contributed by atoms with Crippen molar-refractivity contribution in [3.63, 3.8) is 0 Å². The number of hydrogen-bond donors (Lipinski definition) is 1. The highest BCUT2D eigenvalue weighted by Crippen LogP contribution is 2.37. The number of rotatable bonds is 5. The molecule has 144 valence electrons. The Kier molecular flexibility index (Phi) is 5.27. The van der Waals surface area contributed by atoms with Gasteiger partial charge in [-0.3, -0.25) is 0 Å². The lowest BCUT2D eigenvalue weighted by molar-refractivity contribution is -0.920. The zero-order valence-electron chi connectivity index (χ0n) is 17.3. The molecular weight excluding hydrogens is 328 g/mol. The lowest BCUT2D eigenvalue weighted by atomic mass is 9.91. The maximum absolute atomic E-state index is 3.77. The molecule has 27 heavy (non-hydrogen) atoms. The van der Waals surface area contributed by atoms with Crippen molar-refractivity contribution in [2.75, 3.05) is 32.5 Å². The van der Waals surface area contributed by atoms with Crippen LogP contribution in [0.1, 0.15) is 53.9 Å². The van der Waals surface area contributed by atoms with Crippen molar-refractivity contribution in [3.05, 3.63) is 64.7 Å². The summed E-state index contributed by atoms with van der Waals surface area (Å²) < 4.78 is 1.20. The number of piperidine rings is 1. The van der Waals surface area contributed by atoms with Gasteiger partial charge in [0.2, 0.25) is 0 Å². The molecule has 0 amide bonds. The summed E-state index contributed by atoms with van der Waals surface area (Å²) in [7, 11) is 4.82. The quantitative estimate of drug-likeness (QED) is 0.710. The van der Waals surface area contributed by atoms with Gasteiger partial charge >= 0.3 is 0 Å². The van der Waals surface area contributed by atoms with Gasteiger partial charge in [0, 0.05) is 18.7 Å². The summed E-state index contributed by atoms with van der Waals surface area (Å²) in [6.07, 6.45) is 7.83. The SMILES string of the molecule is Cc1c(NCC[C@@H]2CCCC[N+]2(C)C)cccc1C1Cc2ccccc2C1. The molecule has 1 atom stereocenters. The van der Waals surface area contributed by atoms with Crippen LogP contribution in [0.5, 0.6) is 0 Å². The van der Waals surface area contributed by atoms with Gasteiger partial charge in [-0.15, -0.1) is 0 Å². The largest absolute Gasteiger partial charge is 0.385 e. The van der Waals surface area contributed by atoms with Crippen LogP contribution in [0.15, 0.2) is 42.5 Å². The summed E-state index contributed by atoms with van der Waals surface area (Å²) in [4.78, 5) is 0. The highest BCUT2D eigenvalue weighted by atomic mass is 15.3. The monoisotopic (exact) mass is 363 g/mol. The first-order chi connectivity index (χ1) is 13.0. The molecule has 2 aliphatic rings. The second kappa shape index (κ2) is 7.67. The van der Waals surface area contributed by atoms with Crippen LogP contribution in [-0.2, 0) is 12.8 Å². The van der Waals surface area contributed by atoms with Gasteiger partial charge in [0.25, 0.3) is 0 Å². The molecule has 0 bridgehead atoms. The second-order valence-corrected chi connectivity index (χ2v) is 9.26. The van der Waals surface area contributed by atoms with Gasteiger partial charge < -0.3 is 9.80 Å². The van der Waals surface area contributed by atoms with Crippen LogP contribution in [0.3, 0.4) is 0 Å². The molecule has 1 aliphatic carbocycles. The predicted molar refractivity (Wildman–Crippen MR) is 115 cm³/mol. The van der Waals surface area contributed by atoms with Gasteiger partial charge in [-0.05, 0) is 73.3 Å². The Morgan fingerprint density at radius 1 is 0.963 bits per heavy atom. The number of fused-ring (bicyclic) bond motifs is 1. The zero-order valence-corrected chi connectivity index (χ0v) is 17.3. The Labute approximate surface area is 165 Å². The second-order valence-electron chi connectivity index (χ2n) is 9.26. The van der Waals surface area contributed by atoms with Gasteiger partial charge in [0.15, 0.2) is 0 Å². The van der Waals surface area contributed by atoms with E-state index in [9.17, 15) is 0 Å². The van der Waals surface area contributed by atoms with Crippen LogP contribution >= 0.6 is 0 Å². The molecule has 2 aromatic rings. The molecule has 0 radical (unpaired) electrons. The number of benzene rings is 2. The van der Waals surface area contributed by atoms with Crippen LogP contribution in [0.2, 0.25) is 0 Å². The first-order valence-corrected chi connectivity index (χ1v) is 10.8. The third kappa shape index (κ3) is 3.91. The lowest BCUT2D eigenvalue weighted by Crippen LogP contribution is -2.52. The van der Waals surface area contributed by atoms with E-state index in [-0.39, 0.29) is 0 Å². The number of nitrogens with one attached hydrogen (secondary N) is 1. The van der Waals surface area contributed by atoms with E-state index in [0.29, 0.717) is 5.92 Å². The zero-order chi connectivity index (χ0) is 18.9. The van der Waals surface area contributed by atoms with Crippen molar-refractivity contribution in [1.29, 1.82) is 0 Å². The third-order valence-corrected chi connectivity index (χ3v) is 7.17. The van der Waals surface area contributed by atoms with Gasteiger partial charge in [0.1, 0.15) is 0 Å². The van der Waals surface area contributed by atoms with E-state index < -0.39 is 0 Å². The van der Waals surface area contributed by atoms with E-state index in [4.69, 9.17) is 0 Å². The Balaban J connectivity index is 1.41. The van der Waals surface area contributed by atoms with Crippen LogP contribution in [-0.4, -0.2) is 37.7 Å². The summed E-state index contributed by atoms with van der Waals surface area (Å²) in [5.41, 5.74) is 7.40. The van der Waals surface area contributed by atoms with Gasteiger partial charge in [-0.25, -0.2) is 0 Å². The fraction of sp³-hybridized carbons (Fsp3) is 0.520. The van der Waals surface area contributed by atoms with E-state index in [1.807, 2.05) is 0 Å². The molecule has 0 aromatic heterocycles. The molecule has 0 unspecified atom stereocenters. The standard InChI is InChI=1S/C25H35N2/c1-19-24(22-17-20-9-4-5-10-21(20)18-22)12-8-13-25(19)26-15-14-23-11-6-7-16-27(23,2)3/h4-5,8-10,12-13,22-23,26H,6-7,11,14-18H2,1-3H3/q+1/t23-/m0/s1. The molecule has 2 heteroatoms. The average Bonchev–Trinajstić information content (AvgIpc) is 3.08. The Morgan fingerprint density at radius 2 is 1.70 bits per heavy atom. The number of likely N-dealkylation sites (tertiary alicyclic amines) is 1. The van der Waals surface area contributed by atoms with E-state index in [1.165, 1.54) is 77.5 Å². The summed E-state index contributed by atoms with van der Waals surface area (Å²) in [6.45, 7) is 4.73. The summed E-state index contributed by atoms with van der Waals surface area (Å²) in [5.74, 6) is 0.637. The van der Waals surface area contributed by atoms with Crippen LogP contribution in [0, 0.1) is 6.92 Å². The average molecular weight is 364 g/mol. The minimum atomic E-state index is 0.637. The molecule has 1 N–H and O–H groups in total. The van der Waals surface area contributed by atoms with Crippen molar-refractivity contribution in [3.8, 4) is 0 Å². The molecule has 1 aliphatic heterocycles. The minimum Gasteiger partial charge on any atom is -0.385 e. The summed E-state index contributed by atoms with van der Waals surface area (Å²) in [6, 6.07) is 16.6. The molecule has 4 rings (SSSR count). The van der Waals surface area contributed by atoms with E-state index in [1.54, 1.807) is 0 Å². The van der Waals surface area contributed by atoms with Crippen molar-refractivity contribution in [1.82, 2.24) is 0 Å². The van der Waals surface area contributed by atoms with Gasteiger partial charge in [0.05, 0.1) is 26.7 Å². The van der Waals surface area contributed by atoms with Crippen molar-refractivity contribution in [2.24, 2.45) is 0 Å². The molecule has 1 fully saturated rings. The molecule has 1 saturated heterocycles. The Morgan fingerprint density at radius 3 is 2.41 bits per heavy atom. The maximum atomic E-state index is 3.77. The number of hydrogen-bond acceptors (Lipinski definition) is 1. The molecule has 0 saturated carbocycles. The van der Waals surface area contributed by atoms with Crippen LogP contribution < -0.4 is 5.32 Å². The third-order valence-electron chi connectivity index (χ3n) is 7.17. The number of quaternary nitrogens is 1. The van der Waals surface area contributed by atoms with Crippen molar-refractivity contribution < 1.29 is 4.48 Å². The molecule has 2 aromatic carbocycles. The molecule has 2 nitrogen and oxygen atoms in total. The lowest BCUT2D eigenvalue weighted by Gasteiger charge is -2.41. The maximum Gasteiger partial charge on any atom is 0.0903 e. The van der Waals surface area contributed by atoms with E-state index >= 15 is 0 Å². The van der Waals surface area contributed by atoms with E-state index in [2.05, 4.69) is 68.8 Å². The first kappa shape index (κ1) is 18.6. The highest BCUT2D eigenvalue weighted by Gasteiger charge is 2.30. The summed E-state index contributed by atoms with van der Waals surface area (Å²) >= 11 is 0. The highest BCUT2D eigenvalue weighted by molar-refractivity contribution is 5.56. The normalized spacial score (nSPS) is 21.8. The summed E-state index contributed by atoms with van der Waals surface area (Å²) in [5, 5.41) is 3.77. The first-order valence-electron chi connectivity index (χ1n) is 10.8. The topological polar surface area (TPSA) is 12.0 Å². The van der Waals surface area contributed by atoms with Gasteiger partial charge in [-0.2, -0.15) is 0 Å². The smallest absolute Gasteiger partial charge is 0.0903 e. The van der Waals surface area contributed by atoms with Crippen molar-refractivity contribution in [2.45, 2.75) is 57.4 Å². The molecule has 1 heterocycles. The predicted octanol–water partition coefficient (Wildman–Crippen LogP) is 5.31. The van der Waals surface area contributed by atoms with Crippen LogP contribution in [0.4, 0.5) is 5.69 Å². The molecule has 0 spiro atoms.